The van der Waals surface area contributed by atoms with Gasteiger partial charge in [0.2, 0.25) is 11.8 Å². The molecule has 0 atom stereocenters. The number of piperidine rings is 1. The van der Waals surface area contributed by atoms with E-state index in [1.165, 1.54) is 0 Å². The fourth-order valence-corrected chi connectivity index (χ4v) is 3.48. The second-order valence-corrected chi connectivity index (χ2v) is 7.46. The van der Waals surface area contributed by atoms with Gasteiger partial charge in [-0.05, 0) is 49.7 Å². The highest BCUT2D eigenvalue weighted by Crippen LogP contribution is 2.27. The lowest BCUT2D eigenvalue weighted by Gasteiger charge is -2.34. The lowest BCUT2D eigenvalue weighted by atomic mass is 9.81. The van der Waals surface area contributed by atoms with E-state index >= 15 is 0 Å². The fourth-order valence-electron chi connectivity index (χ4n) is 2.83. The minimum atomic E-state index is 0.0129. The number of hydrogen-bond donors (Lipinski definition) is 2. The van der Waals surface area contributed by atoms with Crippen LogP contribution in [0.25, 0.3) is 10.8 Å². The number of hydrogen-bond acceptors (Lipinski definition) is 5. The van der Waals surface area contributed by atoms with Crippen molar-refractivity contribution in [3.63, 3.8) is 0 Å². The molecule has 2 aromatic rings. The molecule has 2 aromatic heterocycles. The van der Waals surface area contributed by atoms with Crippen molar-refractivity contribution in [1.82, 2.24) is 15.6 Å². The summed E-state index contributed by atoms with van der Waals surface area (Å²) in [7, 11) is 0. The van der Waals surface area contributed by atoms with E-state index in [0.717, 1.165) is 48.8 Å². The van der Waals surface area contributed by atoms with Crippen LogP contribution in [0.1, 0.15) is 31.2 Å². The van der Waals surface area contributed by atoms with E-state index < -0.39 is 0 Å². The predicted molar refractivity (Wildman–Crippen MR) is 91.5 cm³/mol. The standard InChI is InChI=1S/C17H23N3O2S/c1-12-13(20-16(22-12)14-4-3-9-23-14)10-15(21)19-11-17(2)5-7-18-8-6-17/h3-4,9,18H,5-8,10-11H2,1-2H3,(H,19,21). The zero-order valence-corrected chi connectivity index (χ0v) is 14.5. The van der Waals surface area contributed by atoms with Crippen molar-refractivity contribution in [2.75, 3.05) is 19.6 Å². The molecule has 2 N–H and O–H groups in total. The molecule has 0 radical (unpaired) electrons. The molecule has 0 spiro atoms. The molecule has 1 fully saturated rings. The first-order valence-electron chi connectivity index (χ1n) is 8.03. The summed E-state index contributed by atoms with van der Waals surface area (Å²) in [6.07, 6.45) is 2.46. The SMILES string of the molecule is Cc1oc(-c2cccs2)nc1CC(=O)NCC1(C)CCNCC1. The number of rotatable bonds is 5. The van der Waals surface area contributed by atoms with Crippen LogP contribution in [-0.4, -0.2) is 30.5 Å². The summed E-state index contributed by atoms with van der Waals surface area (Å²) < 4.78 is 5.69. The average molecular weight is 333 g/mol. The van der Waals surface area contributed by atoms with Crippen molar-refractivity contribution >= 4 is 17.2 Å². The Hall–Kier alpha value is -1.66. The van der Waals surface area contributed by atoms with E-state index in [0.29, 0.717) is 5.89 Å². The molecule has 3 heterocycles. The van der Waals surface area contributed by atoms with Crippen LogP contribution in [0.3, 0.4) is 0 Å². The zero-order valence-electron chi connectivity index (χ0n) is 13.6. The van der Waals surface area contributed by atoms with Gasteiger partial charge in [0, 0.05) is 6.54 Å². The monoisotopic (exact) mass is 333 g/mol. The van der Waals surface area contributed by atoms with E-state index in [1.54, 1.807) is 11.3 Å². The molecule has 0 aromatic carbocycles. The van der Waals surface area contributed by atoms with Gasteiger partial charge in [-0.1, -0.05) is 13.0 Å². The number of amides is 1. The van der Waals surface area contributed by atoms with E-state index in [2.05, 4.69) is 22.5 Å². The summed E-state index contributed by atoms with van der Waals surface area (Å²) in [5.74, 6) is 1.33. The lowest BCUT2D eigenvalue weighted by molar-refractivity contribution is -0.121. The second-order valence-electron chi connectivity index (χ2n) is 6.51. The average Bonchev–Trinajstić information content (AvgIpc) is 3.17. The first-order valence-corrected chi connectivity index (χ1v) is 8.91. The molecule has 1 aliphatic heterocycles. The van der Waals surface area contributed by atoms with Crippen LogP contribution in [0.15, 0.2) is 21.9 Å². The van der Waals surface area contributed by atoms with E-state index in [9.17, 15) is 4.79 Å². The summed E-state index contributed by atoms with van der Waals surface area (Å²) in [5, 5.41) is 8.41. The van der Waals surface area contributed by atoms with Crippen molar-refractivity contribution in [2.24, 2.45) is 5.41 Å². The van der Waals surface area contributed by atoms with E-state index in [-0.39, 0.29) is 17.7 Å². The van der Waals surface area contributed by atoms with Crippen molar-refractivity contribution in [1.29, 1.82) is 0 Å². The van der Waals surface area contributed by atoms with Crippen LogP contribution < -0.4 is 10.6 Å². The minimum absolute atomic E-state index is 0.0129. The number of carbonyl (C=O) groups excluding carboxylic acids is 1. The van der Waals surface area contributed by atoms with Crippen LogP contribution in [0, 0.1) is 12.3 Å². The molecular formula is C17H23N3O2S. The van der Waals surface area contributed by atoms with Gasteiger partial charge < -0.3 is 15.1 Å². The smallest absolute Gasteiger partial charge is 0.236 e. The highest BCUT2D eigenvalue weighted by Gasteiger charge is 2.27. The molecule has 3 rings (SSSR count). The molecule has 0 saturated carbocycles. The Morgan fingerprint density at radius 2 is 2.26 bits per heavy atom. The van der Waals surface area contributed by atoms with Crippen LogP contribution in [-0.2, 0) is 11.2 Å². The third-order valence-corrected chi connectivity index (χ3v) is 5.33. The van der Waals surface area contributed by atoms with Gasteiger partial charge in [0.05, 0.1) is 17.0 Å². The third kappa shape index (κ3) is 4.00. The summed E-state index contributed by atoms with van der Waals surface area (Å²) >= 11 is 1.58. The quantitative estimate of drug-likeness (QED) is 0.883. The topological polar surface area (TPSA) is 67.2 Å². The second kappa shape index (κ2) is 6.84. The minimum Gasteiger partial charge on any atom is -0.440 e. The van der Waals surface area contributed by atoms with Crippen LogP contribution in [0.2, 0.25) is 0 Å². The molecule has 0 bridgehead atoms. The Morgan fingerprint density at radius 1 is 1.48 bits per heavy atom. The Kier molecular flexibility index (Phi) is 4.82. The molecule has 1 amide bonds. The summed E-state index contributed by atoms with van der Waals surface area (Å²) in [5.41, 5.74) is 0.920. The van der Waals surface area contributed by atoms with Gasteiger partial charge in [-0.3, -0.25) is 4.79 Å². The molecule has 5 nitrogen and oxygen atoms in total. The van der Waals surface area contributed by atoms with Crippen LogP contribution in [0.5, 0.6) is 0 Å². The maximum Gasteiger partial charge on any atom is 0.236 e. The number of aryl methyl sites for hydroxylation is 1. The Morgan fingerprint density at radius 3 is 2.96 bits per heavy atom. The summed E-state index contributed by atoms with van der Waals surface area (Å²) in [6, 6.07) is 3.93. The highest BCUT2D eigenvalue weighted by atomic mass is 32.1. The van der Waals surface area contributed by atoms with Gasteiger partial charge in [-0.25, -0.2) is 4.98 Å². The van der Waals surface area contributed by atoms with Crippen molar-refractivity contribution in [3.8, 4) is 10.8 Å². The third-order valence-electron chi connectivity index (χ3n) is 4.48. The van der Waals surface area contributed by atoms with Crippen LogP contribution >= 0.6 is 11.3 Å². The van der Waals surface area contributed by atoms with E-state index in [4.69, 9.17) is 4.42 Å². The number of nitrogens with zero attached hydrogens (tertiary/aromatic N) is 1. The Bertz CT molecular complexity index is 657. The van der Waals surface area contributed by atoms with Gasteiger partial charge in [0.1, 0.15) is 5.76 Å². The van der Waals surface area contributed by atoms with Gasteiger partial charge in [0.15, 0.2) is 0 Å². The number of thiophene rings is 1. The molecule has 0 unspecified atom stereocenters. The normalized spacial score (nSPS) is 17.1. The molecule has 6 heteroatoms. The van der Waals surface area contributed by atoms with Crippen LogP contribution in [0.4, 0.5) is 0 Å². The number of aromatic nitrogens is 1. The van der Waals surface area contributed by atoms with Gasteiger partial charge in [0.25, 0.3) is 0 Å². The fraction of sp³-hybridized carbons (Fsp3) is 0.529. The van der Waals surface area contributed by atoms with Gasteiger partial charge in [-0.2, -0.15) is 0 Å². The Balaban J connectivity index is 1.57. The largest absolute Gasteiger partial charge is 0.440 e. The maximum atomic E-state index is 12.2. The molecule has 1 saturated heterocycles. The first-order chi connectivity index (χ1) is 11.1. The molecular weight excluding hydrogens is 310 g/mol. The molecule has 124 valence electrons. The zero-order chi connectivity index (χ0) is 16.3. The molecule has 23 heavy (non-hydrogen) atoms. The number of carbonyl (C=O) groups is 1. The number of nitrogens with one attached hydrogen (secondary N) is 2. The molecule has 1 aliphatic rings. The highest BCUT2D eigenvalue weighted by molar-refractivity contribution is 7.13. The van der Waals surface area contributed by atoms with Crippen molar-refractivity contribution in [3.05, 3.63) is 29.0 Å². The predicted octanol–water partition coefficient (Wildman–Crippen LogP) is 2.76. The maximum absolute atomic E-state index is 12.2. The van der Waals surface area contributed by atoms with Crippen molar-refractivity contribution < 1.29 is 9.21 Å². The lowest BCUT2D eigenvalue weighted by Crippen LogP contribution is -2.43. The Labute approximate surface area is 140 Å². The first kappa shape index (κ1) is 16.2. The molecule has 0 aliphatic carbocycles. The van der Waals surface area contributed by atoms with E-state index in [1.807, 2.05) is 24.4 Å². The van der Waals surface area contributed by atoms with Gasteiger partial charge >= 0.3 is 0 Å². The number of oxazole rings is 1. The van der Waals surface area contributed by atoms with Gasteiger partial charge in [-0.15, -0.1) is 11.3 Å². The van der Waals surface area contributed by atoms with Crippen molar-refractivity contribution in [2.45, 2.75) is 33.1 Å². The summed E-state index contributed by atoms with van der Waals surface area (Å²) in [4.78, 5) is 17.7. The summed E-state index contributed by atoms with van der Waals surface area (Å²) in [6.45, 7) is 6.88.